The Morgan fingerprint density at radius 2 is 2.19 bits per heavy atom. The molecule has 0 aliphatic heterocycles. The van der Waals surface area contributed by atoms with Gasteiger partial charge in [-0.05, 0) is 40.2 Å². The van der Waals surface area contributed by atoms with Crippen molar-refractivity contribution in [2.45, 2.75) is 13.3 Å². The van der Waals surface area contributed by atoms with Crippen LogP contribution in [0, 0.1) is 5.82 Å². The molecule has 0 saturated carbocycles. The molecule has 4 rings (SSSR count). The minimum Gasteiger partial charge on any atom is -0.417 e. The van der Waals surface area contributed by atoms with Crippen LogP contribution in [0.5, 0.6) is 0 Å². The minimum absolute atomic E-state index is 0.157. The number of fused-ring (bicyclic) bond motifs is 1. The summed E-state index contributed by atoms with van der Waals surface area (Å²) in [6, 6.07) is 5.94. The average Bonchev–Trinajstić information content (AvgIpc) is 3.29. The van der Waals surface area contributed by atoms with Crippen molar-refractivity contribution in [2.24, 2.45) is 0 Å². The maximum Gasteiger partial charge on any atom is 0.313 e. The molecule has 0 saturated heterocycles. The fraction of sp³-hybridized carbons (Fsp3) is 0.118. The molecule has 27 heavy (non-hydrogen) atoms. The molecule has 1 amide bonds. The van der Waals surface area contributed by atoms with Crippen molar-refractivity contribution in [1.82, 2.24) is 25.1 Å². The van der Waals surface area contributed by atoms with E-state index in [4.69, 9.17) is 4.42 Å². The normalized spacial score (nSPS) is 11.1. The number of aromatic amines is 1. The highest BCUT2D eigenvalue weighted by Crippen LogP contribution is 2.26. The summed E-state index contributed by atoms with van der Waals surface area (Å²) in [6.45, 7) is 1.84. The van der Waals surface area contributed by atoms with E-state index >= 15 is 0 Å². The third kappa shape index (κ3) is 3.43. The Morgan fingerprint density at radius 3 is 2.96 bits per heavy atom. The monoisotopic (exact) mass is 430 g/mol. The van der Waals surface area contributed by atoms with Gasteiger partial charge in [-0.3, -0.25) is 4.79 Å². The van der Waals surface area contributed by atoms with E-state index in [-0.39, 0.29) is 11.5 Å². The Hall–Kier alpha value is -3.14. The van der Waals surface area contributed by atoms with Crippen LogP contribution in [-0.2, 0) is 6.42 Å². The lowest BCUT2D eigenvalue weighted by atomic mass is 10.1. The van der Waals surface area contributed by atoms with E-state index in [9.17, 15) is 9.18 Å². The molecule has 3 heterocycles. The first kappa shape index (κ1) is 17.3. The molecule has 1 aromatic carbocycles. The molecule has 2 N–H and O–H groups in total. The second-order valence-electron chi connectivity index (χ2n) is 5.61. The zero-order chi connectivity index (χ0) is 19.0. The van der Waals surface area contributed by atoms with E-state index < -0.39 is 11.7 Å². The van der Waals surface area contributed by atoms with E-state index in [1.54, 1.807) is 12.3 Å². The molecule has 0 unspecified atom stereocenters. The summed E-state index contributed by atoms with van der Waals surface area (Å²) in [5.74, 6) is -0.557. The number of amides is 1. The van der Waals surface area contributed by atoms with Crippen LogP contribution in [0.15, 0.2) is 39.4 Å². The number of carbonyl (C=O) groups is 1. The number of pyridine rings is 1. The summed E-state index contributed by atoms with van der Waals surface area (Å²) in [5.41, 5.74) is 1.68. The number of imidazole rings is 1. The highest BCUT2D eigenvalue weighted by Gasteiger charge is 2.17. The van der Waals surface area contributed by atoms with E-state index in [0.29, 0.717) is 35.0 Å². The average molecular weight is 431 g/mol. The number of aromatic nitrogens is 5. The van der Waals surface area contributed by atoms with Gasteiger partial charge in [0.2, 0.25) is 5.89 Å². The fourth-order valence-corrected chi connectivity index (χ4v) is 2.79. The number of hydrogen-bond acceptors (Lipinski definition) is 6. The molecule has 4 aromatic rings. The zero-order valence-corrected chi connectivity index (χ0v) is 15.5. The first-order chi connectivity index (χ1) is 13.0. The smallest absolute Gasteiger partial charge is 0.313 e. The third-order valence-corrected chi connectivity index (χ3v) is 4.18. The largest absolute Gasteiger partial charge is 0.417 e. The van der Waals surface area contributed by atoms with Gasteiger partial charge in [-0.15, -0.1) is 10.2 Å². The molecule has 0 fully saturated rings. The van der Waals surface area contributed by atoms with Crippen molar-refractivity contribution >= 4 is 38.7 Å². The predicted molar refractivity (Wildman–Crippen MR) is 98.6 cm³/mol. The molecule has 0 aliphatic rings. The van der Waals surface area contributed by atoms with Crippen LogP contribution in [0.4, 0.5) is 10.1 Å². The first-order valence-corrected chi connectivity index (χ1v) is 8.77. The number of H-pyrrole nitrogens is 1. The van der Waals surface area contributed by atoms with Gasteiger partial charge in [-0.1, -0.05) is 6.92 Å². The minimum atomic E-state index is -0.574. The topological polar surface area (TPSA) is 110 Å². The molecule has 136 valence electrons. The maximum absolute atomic E-state index is 14.3. The summed E-state index contributed by atoms with van der Waals surface area (Å²) in [4.78, 5) is 23.7. The number of nitrogens with zero attached hydrogens (tertiary/aromatic N) is 4. The van der Waals surface area contributed by atoms with Crippen LogP contribution in [0.25, 0.3) is 22.6 Å². The van der Waals surface area contributed by atoms with Gasteiger partial charge >= 0.3 is 11.8 Å². The van der Waals surface area contributed by atoms with Crippen molar-refractivity contribution in [2.75, 3.05) is 5.32 Å². The summed E-state index contributed by atoms with van der Waals surface area (Å²) in [5, 5.41) is 10.0. The molecule has 0 bridgehead atoms. The Bertz CT molecular complexity index is 1160. The van der Waals surface area contributed by atoms with Crippen molar-refractivity contribution in [1.29, 1.82) is 0 Å². The van der Waals surface area contributed by atoms with Gasteiger partial charge in [0.1, 0.15) is 11.6 Å². The first-order valence-electron chi connectivity index (χ1n) is 7.98. The van der Waals surface area contributed by atoms with Crippen LogP contribution >= 0.6 is 15.9 Å². The van der Waals surface area contributed by atoms with Crippen LogP contribution in [0.1, 0.15) is 23.5 Å². The number of halogens is 2. The SMILES string of the molecule is CCc1nnc(C(=O)Nc2ccc(F)c(-c3nc4ncc(Br)cc4[nH]3)c2)o1. The Kier molecular flexibility index (Phi) is 4.40. The van der Waals surface area contributed by atoms with Gasteiger partial charge < -0.3 is 14.7 Å². The quantitative estimate of drug-likeness (QED) is 0.510. The van der Waals surface area contributed by atoms with Crippen molar-refractivity contribution in [3.05, 3.63) is 52.5 Å². The van der Waals surface area contributed by atoms with E-state index in [1.165, 1.54) is 18.2 Å². The van der Waals surface area contributed by atoms with Gasteiger partial charge in [-0.2, -0.15) is 0 Å². The van der Waals surface area contributed by atoms with Crippen molar-refractivity contribution in [3.63, 3.8) is 0 Å². The van der Waals surface area contributed by atoms with E-state index in [2.05, 4.69) is 46.4 Å². The molecular formula is C17H12BrFN6O2. The Balaban J connectivity index is 1.65. The fourth-order valence-electron chi connectivity index (χ4n) is 2.46. The van der Waals surface area contributed by atoms with Gasteiger partial charge in [-0.25, -0.2) is 14.4 Å². The van der Waals surface area contributed by atoms with Gasteiger partial charge in [0.05, 0.1) is 11.1 Å². The molecule has 3 aromatic heterocycles. The molecule has 8 nitrogen and oxygen atoms in total. The van der Waals surface area contributed by atoms with E-state index in [0.717, 1.165) is 4.47 Å². The lowest BCUT2D eigenvalue weighted by molar-refractivity contribution is 0.0988. The van der Waals surface area contributed by atoms with Crippen LogP contribution < -0.4 is 5.32 Å². The summed E-state index contributed by atoms with van der Waals surface area (Å²) in [6.07, 6.45) is 2.13. The Labute approximate surface area is 160 Å². The van der Waals surface area contributed by atoms with Crippen molar-refractivity contribution < 1.29 is 13.6 Å². The van der Waals surface area contributed by atoms with Crippen LogP contribution in [0.2, 0.25) is 0 Å². The lowest BCUT2D eigenvalue weighted by Gasteiger charge is -2.05. The summed E-state index contributed by atoms with van der Waals surface area (Å²) < 4.78 is 20.3. The second-order valence-corrected chi connectivity index (χ2v) is 6.53. The highest BCUT2D eigenvalue weighted by atomic mass is 79.9. The van der Waals surface area contributed by atoms with Crippen molar-refractivity contribution in [3.8, 4) is 11.4 Å². The maximum atomic E-state index is 14.3. The Morgan fingerprint density at radius 1 is 1.33 bits per heavy atom. The number of anilines is 1. The molecular weight excluding hydrogens is 419 g/mol. The number of benzene rings is 1. The standard InChI is InChI=1S/C17H12BrFN6O2/c1-2-13-24-25-17(27-13)16(26)21-9-3-4-11(19)10(6-9)14-22-12-5-8(18)7-20-15(12)23-14/h3-7H,2H2,1H3,(H,21,26)(H,20,22,23). The number of rotatable bonds is 4. The number of carbonyl (C=O) groups excluding carboxylic acids is 1. The summed E-state index contributed by atoms with van der Waals surface area (Å²) >= 11 is 3.33. The van der Waals surface area contributed by atoms with Crippen LogP contribution in [-0.4, -0.2) is 31.1 Å². The molecule has 0 radical (unpaired) electrons. The highest BCUT2D eigenvalue weighted by molar-refractivity contribution is 9.10. The molecule has 0 spiro atoms. The van der Waals surface area contributed by atoms with Gasteiger partial charge in [0.25, 0.3) is 0 Å². The molecule has 0 atom stereocenters. The summed E-state index contributed by atoms with van der Waals surface area (Å²) in [7, 11) is 0. The van der Waals surface area contributed by atoms with Gasteiger partial charge in [0, 0.05) is 22.8 Å². The second kappa shape index (κ2) is 6.88. The molecule has 10 heteroatoms. The van der Waals surface area contributed by atoms with E-state index in [1.807, 2.05) is 6.92 Å². The van der Waals surface area contributed by atoms with Gasteiger partial charge in [0.15, 0.2) is 5.65 Å². The third-order valence-electron chi connectivity index (χ3n) is 3.75. The zero-order valence-electron chi connectivity index (χ0n) is 14.0. The molecule has 0 aliphatic carbocycles. The van der Waals surface area contributed by atoms with Crippen LogP contribution in [0.3, 0.4) is 0 Å². The lowest BCUT2D eigenvalue weighted by Crippen LogP contribution is -2.12. The number of hydrogen-bond donors (Lipinski definition) is 2. The predicted octanol–water partition coefficient (Wildman–Crippen LogP) is 3.72. The number of aryl methyl sites for hydroxylation is 1. The number of nitrogens with one attached hydrogen (secondary N) is 2.